The second kappa shape index (κ2) is 9.08. The third-order valence-corrected chi connectivity index (χ3v) is 6.46. The van der Waals surface area contributed by atoms with Gasteiger partial charge in [0.2, 0.25) is 17.7 Å². The number of hydrogen-bond donors (Lipinski definition) is 4. The molecule has 2 aliphatic heterocycles. The molecule has 0 aromatic heterocycles. The topological polar surface area (TPSA) is 140 Å². The second-order valence-corrected chi connectivity index (χ2v) is 8.93. The van der Waals surface area contributed by atoms with Gasteiger partial charge < -0.3 is 21.1 Å². The lowest BCUT2D eigenvalue weighted by Crippen LogP contribution is -2.52. The fraction of sp³-hybridized carbons (Fsp3) is 0.333. The zero-order valence-electron chi connectivity index (χ0n) is 18.7. The van der Waals surface area contributed by atoms with Crippen molar-refractivity contribution in [2.75, 3.05) is 17.2 Å². The highest BCUT2D eigenvalue weighted by Crippen LogP contribution is 2.50. The highest BCUT2D eigenvalue weighted by molar-refractivity contribution is 6.35. The summed E-state index contributed by atoms with van der Waals surface area (Å²) in [4.78, 5) is 50.3. The molecule has 3 unspecified atom stereocenters. The molecule has 34 heavy (non-hydrogen) atoms. The lowest BCUT2D eigenvalue weighted by atomic mass is 9.79. The van der Waals surface area contributed by atoms with Crippen molar-refractivity contribution in [1.82, 2.24) is 5.32 Å². The van der Waals surface area contributed by atoms with Crippen LogP contribution < -0.4 is 21.7 Å². The largest absolute Gasteiger partial charge is 0.462 e. The Morgan fingerprint density at radius 2 is 1.94 bits per heavy atom. The number of ether oxygens (including phenoxy) is 1. The van der Waals surface area contributed by atoms with Gasteiger partial charge in [0.1, 0.15) is 5.54 Å². The quantitative estimate of drug-likeness (QED) is 0.464. The monoisotopic (exact) mass is 484 g/mol. The number of fused-ring (bicyclic) bond motifs is 2. The number of carbonyl (C=O) groups is 4. The molecular weight excluding hydrogens is 460 g/mol. The number of amides is 3. The lowest BCUT2D eigenvalue weighted by Gasteiger charge is -2.29. The van der Waals surface area contributed by atoms with E-state index in [9.17, 15) is 19.2 Å². The van der Waals surface area contributed by atoms with Gasteiger partial charge in [-0.1, -0.05) is 17.7 Å². The Bertz CT molecular complexity index is 1180. The van der Waals surface area contributed by atoms with Crippen molar-refractivity contribution in [3.05, 3.63) is 58.1 Å². The Morgan fingerprint density at radius 3 is 2.59 bits per heavy atom. The van der Waals surface area contributed by atoms with E-state index in [0.29, 0.717) is 27.5 Å². The lowest BCUT2D eigenvalue weighted by molar-refractivity contribution is -0.130. The fourth-order valence-corrected chi connectivity index (χ4v) is 5.08. The number of halogens is 1. The van der Waals surface area contributed by atoms with Crippen LogP contribution in [0.2, 0.25) is 5.02 Å². The van der Waals surface area contributed by atoms with Crippen LogP contribution in [0.25, 0.3) is 0 Å². The Hall–Kier alpha value is -3.43. The Morgan fingerprint density at radius 1 is 1.24 bits per heavy atom. The number of hydrogen-bond acceptors (Lipinski definition) is 6. The summed E-state index contributed by atoms with van der Waals surface area (Å²) in [6.45, 7) is 3.82. The van der Waals surface area contributed by atoms with E-state index >= 15 is 0 Å². The summed E-state index contributed by atoms with van der Waals surface area (Å²) in [5.41, 5.74) is 6.64. The smallest absolute Gasteiger partial charge is 0.338 e. The SMILES string of the molecule is CCOC(=O)c1ccc(NC(=O)C2CC(CC(N)=O)NC23C(=O)Nc2c(Cl)cc(C)cc23)cc1. The van der Waals surface area contributed by atoms with Gasteiger partial charge in [-0.25, -0.2) is 4.79 Å². The molecule has 9 nitrogen and oxygen atoms in total. The molecule has 0 bridgehead atoms. The summed E-state index contributed by atoms with van der Waals surface area (Å²) in [5.74, 6) is -2.67. The van der Waals surface area contributed by atoms with Gasteiger partial charge in [-0.2, -0.15) is 0 Å². The molecule has 2 aromatic rings. The average Bonchev–Trinajstić information content (AvgIpc) is 3.28. The zero-order valence-corrected chi connectivity index (χ0v) is 19.5. The maximum Gasteiger partial charge on any atom is 0.338 e. The molecule has 3 atom stereocenters. The first-order chi connectivity index (χ1) is 16.1. The van der Waals surface area contributed by atoms with Crippen molar-refractivity contribution < 1.29 is 23.9 Å². The average molecular weight is 485 g/mol. The van der Waals surface area contributed by atoms with Crippen molar-refractivity contribution in [3.63, 3.8) is 0 Å². The number of esters is 1. The Balaban J connectivity index is 1.67. The summed E-state index contributed by atoms with van der Waals surface area (Å²) < 4.78 is 4.97. The third-order valence-electron chi connectivity index (χ3n) is 6.16. The highest BCUT2D eigenvalue weighted by Gasteiger charge is 2.60. The van der Waals surface area contributed by atoms with Crippen LogP contribution in [-0.4, -0.2) is 36.3 Å². The van der Waals surface area contributed by atoms with Gasteiger partial charge in [0.15, 0.2) is 0 Å². The predicted octanol–water partition coefficient (Wildman–Crippen LogP) is 2.46. The van der Waals surface area contributed by atoms with Gasteiger partial charge in [-0.3, -0.25) is 19.7 Å². The molecule has 1 saturated heterocycles. The van der Waals surface area contributed by atoms with E-state index < -0.39 is 41.2 Å². The Labute approximate surface area is 201 Å². The van der Waals surface area contributed by atoms with Crippen molar-refractivity contribution in [2.45, 2.75) is 38.3 Å². The first-order valence-electron chi connectivity index (χ1n) is 10.9. The first kappa shape index (κ1) is 23.7. The van der Waals surface area contributed by atoms with E-state index in [4.69, 9.17) is 22.1 Å². The van der Waals surface area contributed by atoms with E-state index in [1.165, 1.54) is 0 Å². The van der Waals surface area contributed by atoms with Crippen LogP contribution in [0.3, 0.4) is 0 Å². The maximum absolute atomic E-state index is 13.5. The summed E-state index contributed by atoms with van der Waals surface area (Å²) in [6.07, 6.45) is 0.191. The standard InChI is InChI=1S/C24H25ClN4O5/c1-3-34-22(32)13-4-6-14(7-5-13)27-21(31)17-10-15(11-19(26)30)29-24(17)16-8-12(2)9-18(25)20(16)28-23(24)33/h4-9,15,17,29H,3,10-11H2,1-2H3,(H2,26,30)(H,27,31)(H,28,33). The molecule has 1 spiro atoms. The van der Waals surface area contributed by atoms with Crippen molar-refractivity contribution in [3.8, 4) is 0 Å². The number of primary amides is 1. The fourth-order valence-electron chi connectivity index (χ4n) is 4.76. The third kappa shape index (κ3) is 4.12. The van der Waals surface area contributed by atoms with Gasteiger partial charge in [0.05, 0.1) is 28.8 Å². The summed E-state index contributed by atoms with van der Waals surface area (Å²) in [7, 11) is 0. The molecule has 10 heteroatoms. The first-order valence-corrected chi connectivity index (χ1v) is 11.3. The van der Waals surface area contributed by atoms with Gasteiger partial charge in [0, 0.05) is 23.7 Å². The summed E-state index contributed by atoms with van der Waals surface area (Å²) in [5, 5.41) is 9.22. The number of rotatable bonds is 6. The van der Waals surface area contributed by atoms with E-state index in [0.717, 1.165) is 5.56 Å². The normalized spacial score (nSPS) is 22.9. The number of carbonyl (C=O) groups excluding carboxylic acids is 4. The molecule has 1 fully saturated rings. The number of aryl methyl sites for hydroxylation is 1. The molecule has 0 saturated carbocycles. The van der Waals surface area contributed by atoms with Gasteiger partial charge in [0.25, 0.3) is 0 Å². The number of anilines is 2. The summed E-state index contributed by atoms with van der Waals surface area (Å²) >= 11 is 6.39. The van der Waals surface area contributed by atoms with Crippen molar-refractivity contribution in [1.29, 1.82) is 0 Å². The van der Waals surface area contributed by atoms with Crippen LogP contribution in [0.1, 0.15) is 41.3 Å². The van der Waals surface area contributed by atoms with Crippen LogP contribution in [0, 0.1) is 12.8 Å². The maximum atomic E-state index is 13.5. The zero-order chi connectivity index (χ0) is 24.6. The number of nitrogens with two attached hydrogens (primary N) is 1. The van der Waals surface area contributed by atoms with E-state index in [1.807, 2.05) is 13.0 Å². The highest BCUT2D eigenvalue weighted by atomic mass is 35.5. The molecule has 5 N–H and O–H groups in total. The Kier molecular flexibility index (Phi) is 6.33. The van der Waals surface area contributed by atoms with Gasteiger partial charge >= 0.3 is 5.97 Å². The molecule has 2 heterocycles. The van der Waals surface area contributed by atoms with Crippen LogP contribution in [0.5, 0.6) is 0 Å². The van der Waals surface area contributed by atoms with Gasteiger partial charge in [-0.05, 0) is 56.2 Å². The minimum atomic E-state index is -1.40. The van der Waals surface area contributed by atoms with E-state index in [-0.39, 0.29) is 19.4 Å². The van der Waals surface area contributed by atoms with Crippen LogP contribution >= 0.6 is 11.6 Å². The van der Waals surface area contributed by atoms with E-state index in [1.54, 1.807) is 37.3 Å². The molecule has 0 radical (unpaired) electrons. The molecular formula is C24H25ClN4O5. The molecule has 3 amide bonds. The van der Waals surface area contributed by atoms with Crippen LogP contribution in [0.4, 0.5) is 11.4 Å². The number of benzene rings is 2. The number of nitrogens with one attached hydrogen (secondary N) is 3. The van der Waals surface area contributed by atoms with Crippen LogP contribution in [-0.2, 0) is 24.7 Å². The van der Waals surface area contributed by atoms with Gasteiger partial charge in [-0.15, -0.1) is 0 Å². The minimum absolute atomic E-state index is 0.0259. The van der Waals surface area contributed by atoms with Crippen molar-refractivity contribution in [2.24, 2.45) is 11.7 Å². The predicted molar refractivity (Wildman–Crippen MR) is 126 cm³/mol. The minimum Gasteiger partial charge on any atom is -0.462 e. The van der Waals surface area contributed by atoms with Crippen molar-refractivity contribution >= 4 is 46.7 Å². The molecule has 178 valence electrons. The second-order valence-electron chi connectivity index (χ2n) is 8.52. The summed E-state index contributed by atoms with van der Waals surface area (Å²) in [6, 6.07) is 9.34. The molecule has 2 aromatic carbocycles. The molecule has 4 rings (SSSR count). The molecule has 2 aliphatic rings. The van der Waals surface area contributed by atoms with Crippen LogP contribution in [0.15, 0.2) is 36.4 Å². The molecule has 0 aliphatic carbocycles. The van der Waals surface area contributed by atoms with E-state index in [2.05, 4.69) is 16.0 Å².